The number of Topliss-reactive ketones (excluding diaryl/α,β-unsaturated/α-hetero) is 1. The molecule has 2 aromatic heterocycles. The van der Waals surface area contributed by atoms with E-state index in [2.05, 4.69) is 16.8 Å². The summed E-state index contributed by atoms with van der Waals surface area (Å²) < 4.78 is 4.13. The van der Waals surface area contributed by atoms with E-state index in [1.807, 2.05) is 0 Å². The zero-order valence-corrected chi connectivity index (χ0v) is 17.3. The van der Waals surface area contributed by atoms with E-state index in [0.29, 0.717) is 43.4 Å². The lowest BCUT2D eigenvalue weighted by Gasteiger charge is -2.26. The quantitative estimate of drug-likeness (QED) is 0.601. The second-order valence-corrected chi connectivity index (χ2v) is 7.97. The second-order valence-electron chi connectivity index (χ2n) is 7.97. The molecule has 29 heavy (non-hydrogen) atoms. The molecule has 0 unspecified atom stereocenters. The Hall–Kier alpha value is -2.66. The Kier molecular flexibility index (Phi) is 6.08. The van der Waals surface area contributed by atoms with Crippen molar-refractivity contribution in [2.24, 2.45) is 14.1 Å². The van der Waals surface area contributed by atoms with Crippen LogP contribution in [0.1, 0.15) is 64.1 Å². The van der Waals surface area contributed by atoms with Gasteiger partial charge in [-0.2, -0.15) is 0 Å². The SMILES string of the molecule is CC(=O)CCCCn1c(=O)c2c(nc(C#CC3(O)CCCCC3)n2C)n(C)c1=O. The molecule has 1 aliphatic carbocycles. The smallest absolute Gasteiger partial charge is 0.332 e. The molecule has 1 N–H and O–H groups in total. The van der Waals surface area contributed by atoms with Gasteiger partial charge < -0.3 is 14.5 Å². The highest BCUT2D eigenvalue weighted by Gasteiger charge is 2.27. The summed E-state index contributed by atoms with van der Waals surface area (Å²) in [7, 11) is 3.27. The van der Waals surface area contributed by atoms with Crippen LogP contribution in [-0.2, 0) is 25.4 Å². The monoisotopic (exact) mass is 400 g/mol. The minimum Gasteiger partial charge on any atom is -0.378 e. The Bertz CT molecular complexity index is 1100. The van der Waals surface area contributed by atoms with Gasteiger partial charge in [0.25, 0.3) is 5.56 Å². The van der Waals surface area contributed by atoms with E-state index < -0.39 is 16.9 Å². The number of fused-ring (bicyclic) bond motifs is 1. The largest absolute Gasteiger partial charge is 0.378 e. The molecule has 1 fully saturated rings. The number of ketones is 1. The number of carbonyl (C=O) groups is 1. The number of rotatable bonds is 5. The van der Waals surface area contributed by atoms with Gasteiger partial charge in [-0.1, -0.05) is 12.3 Å². The zero-order chi connectivity index (χ0) is 21.2. The van der Waals surface area contributed by atoms with E-state index in [9.17, 15) is 19.5 Å². The Morgan fingerprint density at radius 3 is 2.48 bits per heavy atom. The molecule has 0 atom stereocenters. The lowest BCUT2D eigenvalue weighted by atomic mass is 9.85. The van der Waals surface area contributed by atoms with E-state index in [4.69, 9.17) is 0 Å². The van der Waals surface area contributed by atoms with Crippen LogP contribution in [0.15, 0.2) is 9.59 Å². The summed E-state index contributed by atoms with van der Waals surface area (Å²) in [6.45, 7) is 1.78. The van der Waals surface area contributed by atoms with Crippen molar-refractivity contribution in [3.8, 4) is 11.8 Å². The summed E-state index contributed by atoms with van der Waals surface area (Å²) >= 11 is 0. The Morgan fingerprint density at radius 1 is 1.14 bits per heavy atom. The van der Waals surface area contributed by atoms with Crippen molar-refractivity contribution >= 4 is 16.9 Å². The normalized spacial score (nSPS) is 15.9. The Morgan fingerprint density at radius 2 is 1.83 bits per heavy atom. The van der Waals surface area contributed by atoms with Gasteiger partial charge in [0.2, 0.25) is 0 Å². The van der Waals surface area contributed by atoms with Crippen LogP contribution in [0.3, 0.4) is 0 Å². The maximum Gasteiger partial charge on any atom is 0.332 e. The number of aromatic nitrogens is 4. The molecule has 0 aliphatic heterocycles. The number of aryl methyl sites for hydroxylation is 2. The standard InChI is InChI=1S/C21H28N4O4/c1-15(26)9-5-8-14-25-19(27)17-18(24(3)20(25)28)22-16(23(17)2)10-13-21(29)11-6-4-7-12-21/h29H,4-9,11-12,14H2,1-3H3. The number of aliphatic hydroxyl groups is 1. The predicted molar refractivity (Wildman–Crippen MR) is 110 cm³/mol. The van der Waals surface area contributed by atoms with Crippen LogP contribution >= 0.6 is 0 Å². The molecule has 0 saturated heterocycles. The van der Waals surface area contributed by atoms with E-state index in [-0.39, 0.29) is 18.0 Å². The predicted octanol–water partition coefficient (Wildman–Crippen LogP) is 1.24. The first kappa shape index (κ1) is 21.1. The van der Waals surface area contributed by atoms with Crippen LogP contribution in [0.25, 0.3) is 11.2 Å². The molecule has 0 radical (unpaired) electrons. The highest BCUT2D eigenvalue weighted by Crippen LogP contribution is 2.27. The van der Waals surface area contributed by atoms with Crippen LogP contribution in [0.2, 0.25) is 0 Å². The molecule has 2 heterocycles. The minimum atomic E-state index is -1.01. The van der Waals surface area contributed by atoms with Crippen molar-refractivity contribution < 1.29 is 9.90 Å². The summed E-state index contributed by atoms with van der Waals surface area (Å²) in [5.41, 5.74) is -1.28. The van der Waals surface area contributed by atoms with Crippen molar-refractivity contribution in [3.63, 3.8) is 0 Å². The van der Waals surface area contributed by atoms with Crippen LogP contribution in [0.4, 0.5) is 0 Å². The molecule has 1 aliphatic rings. The first-order valence-corrected chi connectivity index (χ1v) is 10.1. The molecule has 0 aromatic carbocycles. The van der Waals surface area contributed by atoms with Crippen LogP contribution in [0.5, 0.6) is 0 Å². The molecular weight excluding hydrogens is 372 g/mol. The minimum absolute atomic E-state index is 0.0928. The molecule has 1 saturated carbocycles. The number of hydrogen-bond donors (Lipinski definition) is 1. The van der Waals surface area contributed by atoms with Gasteiger partial charge >= 0.3 is 5.69 Å². The number of nitrogens with zero attached hydrogens (tertiary/aromatic N) is 4. The molecular formula is C21H28N4O4. The molecule has 0 bridgehead atoms. The molecule has 3 rings (SSSR count). The third-order valence-corrected chi connectivity index (χ3v) is 5.61. The lowest BCUT2D eigenvalue weighted by molar-refractivity contribution is -0.117. The first-order chi connectivity index (χ1) is 13.7. The maximum absolute atomic E-state index is 13.0. The molecule has 0 amide bonds. The molecule has 8 heteroatoms. The van der Waals surface area contributed by atoms with Gasteiger partial charge in [0, 0.05) is 27.1 Å². The van der Waals surface area contributed by atoms with Gasteiger partial charge in [0.05, 0.1) is 0 Å². The highest BCUT2D eigenvalue weighted by atomic mass is 16.3. The van der Waals surface area contributed by atoms with E-state index in [1.165, 1.54) is 16.1 Å². The lowest BCUT2D eigenvalue weighted by Crippen LogP contribution is -2.39. The average molecular weight is 400 g/mol. The number of hydrogen-bond acceptors (Lipinski definition) is 5. The Balaban J connectivity index is 1.98. The average Bonchev–Trinajstić information content (AvgIpc) is 3.01. The van der Waals surface area contributed by atoms with Gasteiger partial charge in [-0.15, -0.1) is 0 Å². The van der Waals surface area contributed by atoms with Crippen molar-refractivity contribution in [2.45, 2.75) is 70.4 Å². The number of unbranched alkanes of at least 4 members (excludes halogenated alkanes) is 1. The maximum atomic E-state index is 13.0. The van der Waals surface area contributed by atoms with E-state index in [0.717, 1.165) is 19.3 Å². The summed E-state index contributed by atoms with van der Waals surface area (Å²) in [6, 6.07) is 0. The zero-order valence-electron chi connectivity index (χ0n) is 17.3. The van der Waals surface area contributed by atoms with Crippen molar-refractivity contribution in [2.75, 3.05) is 0 Å². The number of carbonyl (C=O) groups excluding carboxylic acids is 1. The topological polar surface area (TPSA) is 99.1 Å². The van der Waals surface area contributed by atoms with Crippen LogP contribution < -0.4 is 11.2 Å². The summed E-state index contributed by atoms with van der Waals surface area (Å²) in [5, 5.41) is 10.6. The van der Waals surface area contributed by atoms with Gasteiger partial charge in [-0.3, -0.25) is 13.9 Å². The van der Waals surface area contributed by atoms with Crippen molar-refractivity contribution in [3.05, 3.63) is 26.7 Å². The third-order valence-electron chi connectivity index (χ3n) is 5.61. The molecule has 8 nitrogen and oxygen atoms in total. The highest BCUT2D eigenvalue weighted by molar-refractivity contribution is 5.75. The van der Waals surface area contributed by atoms with Gasteiger partial charge in [-0.25, -0.2) is 9.78 Å². The fourth-order valence-electron chi connectivity index (χ4n) is 3.83. The summed E-state index contributed by atoms with van der Waals surface area (Å²) in [4.78, 5) is 41.1. The van der Waals surface area contributed by atoms with Crippen molar-refractivity contribution in [1.29, 1.82) is 0 Å². The summed E-state index contributed by atoms with van der Waals surface area (Å²) in [5.74, 6) is 6.29. The van der Waals surface area contributed by atoms with Gasteiger partial charge in [0.1, 0.15) is 11.4 Å². The second kappa shape index (κ2) is 8.37. The van der Waals surface area contributed by atoms with E-state index >= 15 is 0 Å². The fraction of sp³-hybridized carbons (Fsp3) is 0.619. The van der Waals surface area contributed by atoms with Gasteiger partial charge in [0.15, 0.2) is 17.0 Å². The molecule has 0 spiro atoms. The van der Waals surface area contributed by atoms with Crippen LogP contribution in [0, 0.1) is 11.8 Å². The Labute approximate surface area is 169 Å². The molecule has 2 aromatic rings. The van der Waals surface area contributed by atoms with Crippen LogP contribution in [-0.4, -0.2) is 35.2 Å². The first-order valence-electron chi connectivity index (χ1n) is 10.1. The molecule has 156 valence electrons. The number of imidazole rings is 1. The van der Waals surface area contributed by atoms with E-state index in [1.54, 1.807) is 18.7 Å². The van der Waals surface area contributed by atoms with Gasteiger partial charge in [-0.05, 0) is 51.4 Å². The fourth-order valence-corrected chi connectivity index (χ4v) is 3.83. The summed E-state index contributed by atoms with van der Waals surface area (Å²) in [6.07, 6.45) is 5.88. The third kappa shape index (κ3) is 4.35. The van der Waals surface area contributed by atoms with Crippen molar-refractivity contribution in [1.82, 2.24) is 18.7 Å².